The van der Waals surface area contributed by atoms with E-state index in [1.54, 1.807) is 4.68 Å². The predicted octanol–water partition coefficient (Wildman–Crippen LogP) is 5.14. The zero-order valence-corrected chi connectivity index (χ0v) is 17.5. The molecule has 1 saturated carbocycles. The molecule has 2 aromatic carbocycles. The predicted molar refractivity (Wildman–Crippen MR) is 116 cm³/mol. The molecule has 1 fully saturated rings. The smallest absolute Gasteiger partial charge is 0.256 e. The van der Waals surface area contributed by atoms with Gasteiger partial charge in [-0.05, 0) is 30.9 Å². The first kappa shape index (κ1) is 19.7. The standard InChI is InChI=1S/C24H26ClN3O/c1-18-21(22(25)28(27-18)16-19-10-4-2-5-11-19)23(29)26-17-24(14-8-9-15-24)20-12-6-3-7-13-20/h2-7,10-13H,8-9,14-17H2,1H3,(H,26,29). The highest BCUT2D eigenvalue weighted by molar-refractivity contribution is 6.33. The summed E-state index contributed by atoms with van der Waals surface area (Å²) < 4.78 is 1.70. The van der Waals surface area contributed by atoms with Crippen LogP contribution in [0.25, 0.3) is 0 Å². The zero-order chi connectivity index (χ0) is 20.3. The summed E-state index contributed by atoms with van der Waals surface area (Å²) in [6, 6.07) is 20.5. The molecule has 1 N–H and O–H groups in total. The molecular formula is C24H26ClN3O. The molecular weight excluding hydrogens is 382 g/mol. The van der Waals surface area contributed by atoms with Crippen molar-refractivity contribution in [1.29, 1.82) is 0 Å². The van der Waals surface area contributed by atoms with Gasteiger partial charge >= 0.3 is 0 Å². The molecule has 0 radical (unpaired) electrons. The van der Waals surface area contributed by atoms with E-state index in [0.29, 0.717) is 29.5 Å². The lowest BCUT2D eigenvalue weighted by molar-refractivity contribution is 0.0942. The number of aromatic nitrogens is 2. The van der Waals surface area contributed by atoms with Gasteiger partial charge < -0.3 is 5.32 Å². The van der Waals surface area contributed by atoms with E-state index in [1.807, 2.05) is 43.3 Å². The van der Waals surface area contributed by atoms with Crippen molar-refractivity contribution in [2.75, 3.05) is 6.54 Å². The molecule has 1 heterocycles. The minimum Gasteiger partial charge on any atom is -0.351 e. The van der Waals surface area contributed by atoms with Crippen LogP contribution < -0.4 is 5.32 Å². The normalized spacial score (nSPS) is 15.4. The van der Waals surface area contributed by atoms with Crippen molar-refractivity contribution in [2.45, 2.75) is 44.6 Å². The van der Waals surface area contributed by atoms with Crippen molar-refractivity contribution in [1.82, 2.24) is 15.1 Å². The van der Waals surface area contributed by atoms with E-state index in [1.165, 1.54) is 18.4 Å². The monoisotopic (exact) mass is 407 g/mol. The summed E-state index contributed by atoms with van der Waals surface area (Å²) in [5, 5.41) is 8.06. The van der Waals surface area contributed by atoms with Gasteiger partial charge in [-0.15, -0.1) is 0 Å². The molecule has 0 bridgehead atoms. The Morgan fingerprint density at radius 1 is 1.07 bits per heavy atom. The van der Waals surface area contributed by atoms with Crippen LogP contribution in [0.4, 0.5) is 0 Å². The Balaban J connectivity index is 1.51. The molecule has 0 spiro atoms. The largest absolute Gasteiger partial charge is 0.351 e. The second-order valence-corrected chi connectivity index (χ2v) is 8.29. The maximum absolute atomic E-state index is 13.0. The summed E-state index contributed by atoms with van der Waals surface area (Å²) in [6.07, 6.45) is 4.58. The summed E-state index contributed by atoms with van der Waals surface area (Å²) in [5.74, 6) is -0.144. The van der Waals surface area contributed by atoms with Crippen LogP contribution in [0.5, 0.6) is 0 Å². The number of hydrogen-bond donors (Lipinski definition) is 1. The Labute approximate surface area is 176 Å². The van der Waals surface area contributed by atoms with E-state index >= 15 is 0 Å². The Morgan fingerprint density at radius 2 is 1.69 bits per heavy atom. The van der Waals surface area contributed by atoms with Gasteiger partial charge in [0, 0.05) is 12.0 Å². The van der Waals surface area contributed by atoms with Crippen LogP contribution in [0.3, 0.4) is 0 Å². The van der Waals surface area contributed by atoms with E-state index in [9.17, 15) is 4.79 Å². The average Bonchev–Trinajstić information content (AvgIpc) is 3.33. The van der Waals surface area contributed by atoms with Gasteiger partial charge in [0.1, 0.15) is 5.15 Å². The van der Waals surface area contributed by atoms with Crippen molar-refractivity contribution in [2.24, 2.45) is 0 Å². The zero-order valence-electron chi connectivity index (χ0n) is 16.7. The fraction of sp³-hybridized carbons (Fsp3) is 0.333. The lowest BCUT2D eigenvalue weighted by Crippen LogP contribution is -2.39. The van der Waals surface area contributed by atoms with Gasteiger partial charge in [0.25, 0.3) is 5.91 Å². The number of rotatable bonds is 6. The third kappa shape index (κ3) is 4.08. The molecule has 1 aromatic heterocycles. The highest BCUT2D eigenvalue weighted by Gasteiger charge is 2.36. The van der Waals surface area contributed by atoms with Gasteiger partial charge in [0.15, 0.2) is 0 Å². The average molecular weight is 408 g/mol. The van der Waals surface area contributed by atoms with Crippen molar-refractivity contribution >= 4 is 17.5 Å². The molecule has 0 saturated heterocycles. The van der Waals surface area contributed by atoms with Crippen molar-refractivity contribution in [3.63, 3.8) is 0 Å². The van der Waals surface area contributed by atoms with Crippen LogP contribution >= 0.6 is 11.6 Å². The van der Waals surface area contributed by atoms with Crippen LogP contribution in [0, 0.1) is 6.92 Å². The highest BCUT2D eigenvalue weighted by atomic mass is 35.5. The first-order valence-electron chi connectivity index (χ1n) is 10.2. The minimum atomic E-state index is -0.144. The molecule has 3 aromatic rings. The lowest BCUT2D eigenvalue weighted by Gasteiger charge is -2.30. The van der Waals surface area contributed by atoms with Gasteiger partial charge in [-0.1, -0.05) is 85.1 Å². The number of carbonyl (C=O) groups excluding carboxylic acids is 1. The first-order valence-corrected chi connectivity index (χ1v) is 10.6. The molecule has 0 unspecified atom stereocenters. The molecule has 5 heteroatoms. The number of halogens is 1. The van der Waals surface area contributed by atoms with Gasteiger partial charge in [-0.2, -0.15) is 5.10 Å². The van der Waals surface area contributed by atoms with E-state index in [0.717, 1.165) is 18.4 Å². The Bertz CT molecular complexity index is 976. The van der Waals surface area contributed by atoms with Crippen molar-refractivity contribution in [3.8, 4) is 0 Å². The summed E-state index contributed by atoms with van der Waals surface area (Å²) >= 11 is 6.56. The summed E-state index contributed by atoms with van der Waals surface area (Å²) in [6.45, 7) is 3.00. The summed E-state index contributed by atoms with van der Waals surface area (Å²) in [7, 11) is 0. The van der Waals surface area contributed by atoms with Crippen LogP contribution in [-0.2, 0) is 12.0 Å². The second kappa shape index (κ2) is 8.42. The van der Waals surface area contributed by atoms with Crippen molar-refractivity contribution in [3.05, 3.63) is 88.2 Å². The van der Waals surface area contributed by atoms with Gasteiger partial charge in [0.2, 0.25) is 0 Å². The molecule has 0 atom stereocenters. The van der Waals surface area contributed by atoms with Gasteiger partial charge in [-0.25, -0.2) is 4.68 Å². The van der Waals surface area contributed by atoms with Crippen LogP contribution in [0.2, 0.25) is 5.15 Å². The fourth-order valence-electron chi connectivity index (χ4n) is 4.42. The number of nitrogens with one attached hydrogen (secondary N) is 1. The topological polar surface area (TPSA) is 46.9 Å². The molecule has 1 aliphatic carbocycles. The number of carbonyl (C=O) groups is 1. The minimum absolute atomic E-state index is 0.0112. The van der Waals surface area contributed by atoms with E-state index in [4.69, 9.17) is 11.6 Å². The number of nitrogens with zero attached hydrogens (tertiary/aromatic N) is 2. The number of amides is 1. The van der Waals surface area contributed by atoms with Crippen LogP contribution in [0.15, 0.2) is 60.7 Å². The number of aryl methyl sites for hydroxylation is 1. The Hall–Kier alpha value is -2.59. The summed E-state index contributed by atoms with van der Waals surface area (Å²) in [4.78, 5) is 13.0. The van der Waals surface area contributed by atoms with Gasteiger partial charge in [0.05, 0.1) is 17.8 Å². The lowest BCUT2D eigenvalue weighted by atomic mass is 9.79. The third-order valence-electron chi connectivity index (χ3n) is 6.00. The van der Waals surface area contributed by atoms with E-state index in [2.05, 4.69) is 34.7 Å². The molecule has 4 nitrogen and oxygen atoms in total. The van der Waals surface area contributed by atoms with E-state index < -0.39 is 0 Å². The number of benzene rings is 2. The van der Waals surface area contributed by atoms with E-state index in [-0.39, 0.29) is 11.3 Å². The molecule has 29 heavy (non-hydrogen) atoms. The first-order chi connectivity index (χ1) is 14.1. The Kier molecular flexibility index (Phi) is 5.72. The Morgan fingerprint density at radius 3 is 2.34 bits per heavy atom. The maximum atomic E-state index is 13.0. The van der Waals surface area contributed by atoms with Crippen LogP contribution in [0.1, 0.15) is 52.9 Å². The SMILES string of the molecule is Cc1nn(Cc2ccccc2)c(Cl)c1C(=O)NCC1(c2ccccc2)CCCC1. The molecule has 4 rings (SSSR count). The quantitative estimate of drug-likeness (QED) is 0.615. The molecule has 1 amide bonds. The van der Waals surface area contributed by atoms with Crippen LogP contribution in [-0.4, -0.2) is 22.2 Å². The highest BCUT2D eigenvalue weighted by Crippen LogP contribution is 2.40. The number of hydrogen-bond acceptors (Lipinski definition) is 2. The second-order valence-electron chi connectivity index (χ2n) is 7.93. The van der Waals surface area contributed by atoms with Crippen molar-refractivity contribution < 1.29 is 4.79 Å². The maximum Gasteiger partial charge on any atom is 0.256 e. The third-order valence-corrected chi connectivity index (χ3v) is 6.39. The summed E-state index contributed by atoms with van der Waals surface area (Å²) in [5.41, 5.74) is 3.54. The van der Waals surface area contributed by atoms with Gasteiger partial charge in [-0.3, -0.25) is 4.79 Å². The fourth-order valence-corrected chi connectivity index (χ4v) is 4.74. The molecule has 0 aliphatic heterocycles. The molecule has 1 aliphatic rings. The molecule has 150 valence electrons.